The van der Waals surface area contributed by atoms with Crippen molar-refractivity contribution >= 4 is 0 Å². The van der Waals surface area contributed by atoms with E-state index in [1.54, 1.807) is 17.0 Å². The topological polar surface area (TPSA) is 112 Å². The zero-order valence-electron chi connectivity index (χ0n) is 20.7. The first kappa shape index (κ1) is 23.4. The highest BCUT2D eigenvalue weighted by Crippen LogP contribution is 2.32. The fourth-order valence-electron chi connectivity index (χ4n) is 4.47. The van der Waals surface area contributed by atoms with E-state index >= 15 is 0 Å². The van der Waals surface area contributed by atoms with E-state index in [9.17, 15) is 4.79 Å². The number of H-pyrrole nitrogens is 1. The number of aryl methyl sites for hydroxylation is 1. The molecule has 0 saturated heterocycles. The summed E-state index contributed by atoms with van der Waals surface area (Å²) in [6.07, 6.45) is 12.0. The Morgan fingerprint density at radius 2 is 1.89 bits per heavy atom. The summed E-state index contributed by atoms with van der Waals surface area (Å²) in [6.45, 7) is 6.69. The normalized spacial score (nSPS) is 11.4. The Balaban J connectivity index is 1.61. The molecule has 4 heterocycles. The van der Waals surface area contributed by atoms with Gasteiger partial charge < -0.3 is 4.57 Å². The molecule has 0 atom stereocenters. The molecule has 0 amide bonds. The van der Waals surface area contributed by atoms with E-state index in [0.29, 0.717) is 18.3 Å². The smallest absolute Gasteiger partial charge is 0.314 e. The van der Waals surface area contributed by atoms with Crippen LogP contribution in [-0.4, -0.2) is 44.3 Å². The fraction of sp³-hybridized carbons (Fsp3) is 0.308. The van der Waals surface area contributed by atoms with Gasteiger partial charge in [0.15, 0.2) is 0 Å². The molecule has 0 radical (unpaired) electrons. The molecule has 0 fully saturated rings. The van der Waals surface area contributed by atoms with E-state index in [-0.39, 0.29) is 11.7 Å². The van der Waals surface area contributed by atoms with Crippen LogP contribution >= 0.6 is 0 Å². The number of rotatable bonds is 9. The predicted molar refractivity (Wildman–Crippen MR) is 137 cm³/mol. The number of hydrogen-bond acceptors (Lipinski definition) is 6. The molecule has 10 heteroatoms. The number of aromatic nitrogens is 9. The first-order chi connectivity index (χ1) is 17.6. The molecular weight excluding hydrogens is 454 g/mol. The lowest BCUT2D eigenvalue weighted by Gasteiger charge is -2.14. The predicted octanol–water partition coefficient (Wildman–Crippen LogP) is 4.05. The minimum absolute atomic E-state index is 0.115. The average molecular weight is 484 g/mol. The summed E-state index contributed by atoms with van der Waals surface area (Å²) in [5.74, 6) is 1.14. The lowest BCUT2D eigenvalue weighted by molar-refractivity contribution is 0.577. The second-order valence-corrected chi connectivity index (χ2v) is 9.00. The van der Waals surface area contributed by atoms with Crippen molar-refractivity contribution in [3.8, 4) is 28.5 Å². The SMILES string of the molecule is CCCCc1cn(-c2nccn2C(C)C)c(=O)n1Cc1cnccc1-c1ccccc1-c1nn[nH]n1. The van der Waals surface area contributed by atoms with Crippen LogP contribution in [0.2, 0.25) is 0 Å². The van der Waals surface area contributed by atoms with Gasteiger partial charge >= 0.3 is 5.69 Å². The van der Waals surface area contributed by atoms with Crippen LogP contribution in [-0.2, 0) is 13.0 Å². The fourth-order valence-corrected chi connectivity index (χ4v) is 4.47. The highest BCUT2D eigenvalue weighted by Gasteiger charge is 2.19. The van der Waals surface area contributed by atoms with Gasteiger partial charge in [0, 0.05) is 48.3 Å². The van der Waals surface area contributed by atoms with Crippen molar-refractivity contribution in [3.05, 3.63) is 83.1 Å². The van der Waals surface area contributed by atoms with Gasteiger partial charge in [-0.3, -0.25) is 9.55 Å². The van der Waals surface area contributed by atoms with Crippen LogP contribution in [0.15, 0.2) is 66.1 Å². The van der Waals surface area contributed by atoms with Crippen LogP contribution in [0.1, 0.15) is 50.9 Å². The Hall–Kier alpha value is -4.34. The zero-order chi connectivity index (χ0) is 25.1. The third-order valence-electron chi connectivity index (χ3n) is 6.30. The lowest BCUT2D eigenvalue weighted by Crippen LogP contribution is -2.27. The number of benzene rings is 1. The number of aromatic amines is 1. The van der Waals surface area contributed by atoms with Crippen molar-refractivity contribution < 1.29 is 0 Å². The summed E-state index contributed by atoms with van der Waals surface area (Å²) in [6, 6.07) is 10.1. The Morgan fingerprint density at radius 3 is 2.64 bits per heavy atom. The second-order valence-electron chi connectivity index (χ2n) is 9.00. The van der Waals surface area contributed by atoms with Crippen molar-refractivity contribution in [3.63, 3.8) is 0 Å². The molecule has 36 heavy (non-hydrogen) atoms. The second kappa shape index (κ2) is 10.1. The number of nitrogens with zero attached hydrogens (tertiary/aromatic N) is 8. The van der Waals surface area contributed by atoms with E-state index in [1.807, 2.05) is 58.1 Å². The maximum absolute atomic E-state index is 13.8. The van der Waals surface area contributed by atoms with Gasteiger partial charge in [0.05, 0.1) is 6.54 Å². The number of unbranched alkanes of at least 4 members (excludes halogenated alkanes) is 1. The Kier molecular flexibility index (Phi) is 6.57. The molecule has 184 valence electrons. The maximum atomic E-state index is 13.8. The van der Waals surface area contributed by atoms with Crippen molar-refractivity contribution in [1.29, 1.82) is 0 Å². The molecule has 0 aliphatic rings. The molecule has 10 nitrogen and oxygen atoms in total. The quantitative estimate of drug-likeness (QED) is 0.338. The van der Waals surface area contributed by atoms with Crippen LogP contribution in [0, 0.1) is 0 Å². The molecule has 5 rings (SSSR count). The Bertz CT molecular complexity index is 1510. The van der Waals surface area contributed by atoms with Crippen LogP contribution in [0.4, 0.5) is 0 Å². The van der Waals surface area contributed by atoms with E-state index in [1.165, 1.54) is 0 Å². The monoisotopic (exact) mass is 483 g/mol. The number of hydrogen-bond donors (Lipinski definition) is 1. The van der Waals surface area contributed by atoms with Gasteiger partial charge in [0.1, 0.15) is 0 Å². The molecule has 0 aliphatic heterocycles. The number of pyridine rings is 1. The molecule has 0 saturated carbocycles. The summed E-state index contributed by atoms with van der Waals surface area (Å²) in [5.41, 5.74) is 4.56. The number of imidazole rings is 2. The van der Waals surface area contributed by atoms with Crippen molar-refractivity contribution in [1.82, 2.24) is 44.3 Å². The van der Waals surface area contributed by atoms with Crippen molar-refractivity contribution in [2.75, 3.05) is 0 Å². The van der Waals surface area contributed by atoms with Gasteiger partial charge in [0.2, 0.25) is 11.8 Å². The van der Waals surface area contributed by atoms with E-state index in [4.69, 9.17) is 0 Å². The first-order valence-electron chi connectivity index (χ1n) is 12.2. The van der Waals surface area contributed by atoms with Crippen molar-refractivity contribution in [2.24, 2.45) is 0 Å². The summed E-state index contributed by atoms with van der Waals surface area (Å²) in [4.78, 5) is 22.6. The third kappa shape index (κ3) is 4.37. The highest BCUT2D eigenvalue weighted by molar-refractivity contribution is 5.81. The number of nitrogens with one attached hydrogen (secondary N) is 1. The minimum atomic E-state index is -0.115. The molecule has 0 bridgehead atoms. The van der Waals surface area contributed by atoms with Crippen LogP contribution < -0.4 is 5.69 Å². The van der Waals surface area contributed by atoms with Gasteiger partial charge in [-0.2, -0.15) is 5.21 Å². The van der Waals surface area contributed by atoms with Gasteiger partial charge in [-0.1, -0.05) is 37.6 Å². The van der Waals surface area contributed by atoms with Crippen LogP contribution in [0.25, 0.3) is 28.5 Å². The standard InChI is InChI=1S/C26H29N9O/c1-4-5-8-20-17-35(25-28-13-14-33(25)18(2)3)26(36)34(20)16-19-15-27-12-11-21(19)22-9-6-7-10-23(22)24-29-31-32-30-24/h6-7,9-15,17-18H,4-5,8,16H2,1-3H3,(H,29,30,31,32). The first-order valence-corrected chi connectivity index (χ1v) is 12.2. The Labute approximate surface area is 208 Å². The summed E-state index contributed by atoms with van der Waals surface area (Å²) in [7, 11) is 0. The molecule has 1 aromatic carbocycles. The van der Waals surface area contributed by atoms with E-state index in [2.05, 4.69) is 51.4 Å². The number of tetrazole rings is 1. The molecule has 5 aromatic rings. The van der Waals surface area contributed by atoms with Gasteiger partial charge in [-0.05, 0) is 54.7 Å². The summed E-state index contributed by atoms with van der Waals surface area (Å²) < 4.78 is 5.51. The van der Waals surface area contributed by atoms with Gasteiger partial charge in [-0.15, -0.1) is 10.2 Å². The summed E-state index contributed by atoms with van der Waals surface area (Å²) in [5, 5.41) is 14.6. The molecular formula is C26H29N9O. The van der Waals surface area contributed by atoms with Crippen LogP contribution in [0.3, 0.4) is 0 Å². The highest BCUT2D eigenvalue weighted by atomic mass is 16.1. The summed E-state index contributed by atoms with van der Waals surface area (Å²) >= 11 is 0. The Morgan fingerprint density at radius 1 is 1.06 bits per heavy atom. The largest absolute Gasteiger partial charge is 0.335 e. The van der Waals surface area contributed by atoms with E-state index in [0.717, 1.165) is 47.2 Å². The molecule has 4 aromatic heterocycles. The lowest BCUT2D eigenvalue weighted by atomic mass is 9.96. The van der Waals surface area contributed by atoms with Crippen LogP contribution in [0.5, 0.6) is 0 Å². The van der Waals surface area contributed by atoms with Gasteiger partial charge in [-0.25, -0.2) is 14.3 Å². The molecule has 0 aliphatic carbocycles. The zero-order valence-corrected chi connectivity index (χ0v) is 20.7. The average Bonchev–Trinajstić information content (AvgIpc) is 3.65. The molecule has 0 spiro atoms. The van der Waals surface area contributed by atoms with Crippen molar-refractivity contribution in [2.45, 2.75) is 52.6 Å². The third-order valence-corrected chi connectivity index (χ3v) is 6.30. The molecule has 1 N–H and O–H groups in total. The minimum Gasteiger partial charge on any atom is -0.314 e. The maximum Gasteiger partial charge on any atom is 0.335 e. The molecule has 0 unspecified atom stereocenters. The van der Waals surface area contributed by atoms with E-state index < -0.39 is 0 Å². The van der Waals surface area contributed by atoms with Gasteiger partial charge in [0.25, 0.3) is 0 Å².